The van der Waals surface area contributed by atoms with Gasteiger partial charge in [-0.15, -0.1) is 0 Å². The van der Waals surface area contributed by atoms with Gasteiger partial charge in [-0.2, -0.15) is 5.10 Å². The quantitative estimate of drug-likeness (QED) is 0.531. The Morgan fingerprint density at radius 3 is 2.84 bits per heavy atom. The van der Waals surface area contributed by atoms with E-state index in [2.05, 4.69) is 15.0 Å². The van der Waals surface area contributed by atoms with Crippen LogP contribution in [0.3, 0.4) is 0 Å². The molecule has 0 atom stereocenters. The monoisotopic (exact) mass is 336 g/mol. The topological polar surface area (TPSA) is 106 Å². The number of anilines is 1. The molecule has 128 valence electrons. The highest BCUT2D eigenvalue weighted by atomic mass is 16.3. The molecule has 7 nitrogen and oxygen atoms in total. The molecule has 0 fully saturated rings. The van der Waals surface area contributed by atoms with E-state index in [1.54, 1.807) is 4.68 Å². The van der Waals surface area contributed by atoms with E-state index in [0.29, 0.717) is 18.0 Å². The highest BCUT2D eigenvalue weighted by molar-refractivity contribution is 6.05. The summed E-state index contributed by atoms with van der Waals surface area (Å²) < 4.78 is 1.81. The van der Waals surface area contributed by atoms with Crippen molar-refractivity contribution < 1.29 is 5.11 Å². The molecule has 1 aromatic carbocycles. The molecule has 3 aromatic heterocycles. The zero-order valence-electron chi connectivity index (χ0n) is 14.2. The molecular weight excluding hydrogens is 316 g/mol. The first-order valence-corrected chi connectivity index (χ1v) is 8.14. The van der Waals surface area contributed by atoms with Gasteiger partial charge in [0.25, 0.3) is 0 Å². The van der Waals surface area contributed by atoms with Gasteiger partial charge in [0.15, 0.2) is 5.65 Å². The van der Waals surface area contributed by atoms with Crippen LogP contribution in [0.15, 0.2) is 36.8 Å². The molecule has 0 unspecified atom stereocenters. The molecule has 0 amide bonds. The van der Waals surface area contributed by atoms with Gasteiger partial charge in [0.05, 0.1) is 11.9 Å². The van der Waals surface area contributed by atoms with Crippen LogP contribution < -0.4 is 5.73 Å². The Bertz CT molecular complexity index is 1060. The molecule has 0 bridgehead atoms. The zero-order valence-corrected chi connectivity index (χ0v) is 14.2. The second-order valence-corrected chi connectivity index (χ2v) is 7.03. The second-order valence-electron chi connectivity index (χ2n) is 7.03. The Labute approximate surface area is 144 Å². The van der Waals surface area contributed by atoms with Gasteiger partial charge in [0.1, 0.15) is 17.8 Å². The number of H-pyrrole nitrogens is 1. The lowest BCUT2D eigenvalue weighted by Crippen LogP contribution is -2.24. The lowest BCUT2D eigenvalue weighted by atomic mass is 9.95. The summed E-state index contributed by atoms with van der Waals surface area (Å²) >= 11 is 0. The van der Waals surface area contributed by atoms with E-state index in [9.17, 15) is 5.11 Å². The van der Waals surface area contributed by atoms with Gasteiger partial charge in [0.2, 0.25) is 0 Å². The fourth-order valence-corrected chi connectivity index (χ4v) is 3.05. The summed E-state index contributed by atoms with van der Waals surface area (Å²) in [7, 11) is 0. The number of nitrogens with one attached hydrogen (secondary N) is 1. The summed E-state index contributed by atoms with van der Waals surface area (Å²) in [6, 6.07) is 8.05. The molecule has 7 heteroatoms. The second kappa shape index (κ2) is 5.56. The van der Waals surface area contributed by atoms with E-state index in [1.165, 1.54) is 6.33 Å². The Balaban J connectivity index is 1.98. The molecule has 25 heavy (non-hydrogen) atoms. The van der Waals surface area contributed by atoms with Crippen LogP contribution in [0.25, 0.3) is 33.2 Å². The number of aliphatic hydroxyl groups is 1. The molecule has 4 aromatic rings. The van der Waals surface area contributed by atoms with E-state index in [0.717, 1.165) is 27.5 Å². The first kappa shape index (κ1) is 15.6. The predicted molar refractivity (Wildman–Crippen MR) is 97.9 cm³/mol. The lowest BCUT2D eigenvalue weighted by Gasteiger charge is -2.21. The molecule has 4 N–H and O–H groups in total. The Morgan fingerprint density at radius 2 is 2.04 bits per heavy atom. The van der Waals surface area contributed by atoms with Crippen LogP contribution in [-0.4, -0.2) is 36.4 Å². The standard InChI is InChI=1S/C18H20N6O/c1-18(2,9-25)8-24-17-14(16(19)21-10-22-17)15(23-24)12-7-20-13-6-4-3-5-11(12)13/h3-7,10,20,25H,8-9H2,1-2H3,(H2,19,21,22). The molecule has 0 saturated carbocycles. The normalized spacial score (nSPS) is 12.3. The van der Waals surface area contributed by atoms with Gasteiger partial charge in [0, 0.05) is 34.7 Å². The molecule has 0 aliphatic carbocycles. The maximum atomic E-state index is 9.61. The first-order chi connectivity index (χ1) is 12.0. The number of nitrogen functional groups attached to an aromatic ring is 1. The minimum Gasteiger partial charge on any atom is -0.396 e. The van der Waals surface area contributed by atoms with Crippen molar-refractivity contribution in [2.75, 3.05) is 12.3 Å². The summed E-state index contributed by atoms with van der Waals surface area (Å²) in [6.45, 7) is 4.54. The van der Waals surface area contributed by atoms with Crippen molar-refractivity contribution in [1.29, 1.82) is 0 Å². The van der Waals surface area contributed by atoms with Gasteiger partial charge >= 0.3 is 0 Å². The van der Waals surface area contributed by atoms with Crippen molar-refractivity contribution in [2.24, 2.45) is 5.41 Å². The molecule has 3 heterocycles. The average molecular weight is 336 g/mol. The zero-order chi connectivity index (χ0) is 17.6. The molecule has 4 rings (SSSR count). The minimum absolute atomic E-state index is 0.0529. The summed E-state index contributed by atoms with van der Waals surface area (Å²) in [4.78, 5) is 11.8. The van der Waals surface area contributed by atoms with Gasteiger partial charge in [-0.1, -0.05) is 32.0 Å². The van der Waals surface area contributed by atoms with Crippen LogP contribution in [0, 0.1) is 5.41 Å². The Hall–Kier alpha value is -2.93. The van der Waals surface area contributed by atoms with Crippen LogP contribution >= 0.6 is 0 Å². The Kier molecular flexibility index (Phi) is 3.47. The third kappa shape index (κ3) is 2.53. The van der Waals surface area contributed by atoms with Crippen LogP contribution in [0.1, 0.15) is 13.8 Å². The van der Waals surface area contributed by atoms with E-state index < -0.39 is 0 Å². The van der Waals surface area contributed by atoms with Gasteiger partial charge in [-0.25, -0.2) is 14.6 Å². The number of fused-ring (bicyclic) bond motifs is 2. The summed E-state index contributed by atoms with van der Waals surface area (Å²) in [5, 5.41) is 16.2. The predicted octanol–water partition coefficient (Wildman–Crippen LogP) is 2.58. The van der Waals surface area contributed by atoms with Crippen molar-refractivity contribution in [3.05, 3.63) is 36.8 Å². The lowest BCUT2D eigenvalue weighted by molar-refractivity contribution is 0.138. The van der Waals surface area contributed by atoms with Crippen LogP contribution in [0.2, 0.25) is 0 Å². The van der Waals surface area contributed by atoms with Crippen molar-refractivity contribution >= 4 is 27.8 Å². The maximum Gasteiger partial charge on any atom is 0.163 e. The van der Waals surface area contributed by atoms with Gasteiger partial charge in [-0.05, 0) is 6.07 Å². The third-order valence-corrected chi connectivity index (χ3v) is 4.41. The number of rotatable bonds is 4. The van der Waals surface area contributed by atoms with Crippen molar-refractivity contribution in [3.63, 3.8) is 0 Å². The molecule has 0 aliphatic heterocycles. The molecule has 0 spiro atoms. The largest absolute Gasteiger partial charge is 0.396 e. The fraction of sp³-hybridized carbons (Fsp3) is 0.278. The van der Waals surface area contributed by atoms with Crippen molar-refractivity contribution in [3.8, 4) is 11.3 Å². The number of aromatic amines is 1. The summed E-state index contributed by atoms with van der Waals surface area (Å²) in [6.07, 6.45) is 3.38. The molecule has 0 radical (unpaired) electrons. The SMILES string of the molecule is CC(C)(CO)Cn1nc(-c2c[nH]c3ccccc23)c2c(N)ncnc21. The third-order valence-electron chi connectivity index (χ3n) is 4.41. The first-order valence-electron chi connectivity index (χ1n) is 8.14. The number of hydrogen-bond donors (Lipinski definition) is 3. The van der Waals surface area contributed by atoms with Crippen LogP contribution in [-0.2, 0) is 6.54 Å². The Morgan fingerprint density at radius 1 is 1.24 bits per heavy atom. The number of nitrogens with zero attached hydrogens (tertiary/aromatic N) is 4. The smallest absolute Gasteiger partial charge is 0.163 e. The maximum absolute atomic E-state index is 9.61. The highest BCUT2D eigenvalue weighted by Crippen LogP contribution is 2.35. The van der Waals surface area contributed by atoms with Crippen LogP contribution in [0.4, 0.5) is 5.82 Å². The number of para-hydroxylation sites is 1. The molecule has 0 saturated heterocycles. The average Bonchev–Trinajstić information content (AvgIpc) is 3.17. The summed E-state index contributed by atoms with van der Waals surface area (Å²) in [5.74, 6) is 0.401. The highest BCUT2D eigenvalue weighted by Gasteiger charge is 2.24. The van der Waals surface area contributed by atoms with Gasteiger partial charge in [-0.3, -0.25) is 0 Å². The number of nitrogens with two attached hydrogens (primary N) is 1. The van der Waals surface area contributed by atoms with Crippen molar-refractivity contribution in [2.45, 2.75) is 20.4 Å². The van der Waals surface area contributed by atoms with E-state index in [-0.39, 0.29) is 12.0 Å². The summed E-state index contributed by atoms with van der Waals surface area (Å²) in [5.41, 5.74) is 9.25. The number of aromatic nitrogens is 5. The van der Waals surface area contributed by atoms with Crippen molar-refractivity contribution in [1.82, 2.24) is 24.7 Å². The molecular formula is C18H20N6O. The van der Waals surface area contributed by atoms with E-state index >= 15 is 0 Å². The number of hydrogen-bond acceptors (Lipinski definition) is 5. The van der Waals surface area contributed by atoms with E-state index in [1.807, 2.05) is 44.3 Å². The molecule has 0 aliphatic rings. The van der Waals surface area contributed by atoms with E-state index in [4.69, 9.17) is 10.8 Å². The van der Waals surface area contributed by atoms with Gasteiger partial charge < -0.3 is 15.8 Å². The number of benzene rings is 1. The fourth-order valence-electron chi connectivity index (χ4n) is 3.05. The van der Waals surface area contributed by atoms with Crippen LogP contribution in [0.5, 0.6) is 0 Å². The number of aliphatic hydroxyl groups excluding tert-OH is 1. The minimum atomic E-state index is -0.323.